The van der Waals surface area contributed by atoms with Crippen molar-refractivity contribution in [2.45, 2.75) is 13.1 Å². The number of nitrogens with zero attached hydrogens (tertiary/aromatic N) is 2. The Bertz CT molecular complexity index is 660. The van der Waals surface area contributed by atoms with Gasteiger partial charge in [0, 0.05) is 11.2 Å². The molecule has 20 heavy (non-hydrogen) atoms. The predicted molar refractivity (Wildman–Crippen MR) is 68.7 cm³/mol. The molecule has 0 aliphatic rings. The second-order valence-corrected chi connectivity index (χ2v) is 4.84. The van der Waals surface area contributed by atoms with Gasteiger partial charge in [0.05, 0.1) is 22.0 Å². The Kier molecular flexibility index (Phi) is 3.80. The molecule has 0 aliphatic heterocycles. The fourth-order valence-corrected chi connectivity index (χ4v) is 1.90. The number of rotatable bonds is 2. The van der Waals surface area contributed by atoms with Gasteiger partial charge < -0.3 is 0 Å². The summed E-state index contributed by atoms with van der Waals surface area (Å²) in [5.41, 5.74) is -0.187. The second kappa shape index (κ2) is 5.10. The molecule has 2 aromatic rings. The van der Waals surface area contributed by atoms with E-state index in [9.17, 15) is 18.0 Å². The lowest BCUT2D eigenvalue weighted by atomic mass is 10.1. The Hall–Kier alpha value is -1.53. The minimum absolute atomic E-state index is 0.0742. The van der Waals surface area contributed by atoms with E-state index >= 15 is 0 Å². The molecule has 106 valence electrons. The van der Waals surface area contributed by atoms with E-state index in [1.807, 2.05) is 0 Å². The van der Waals surface area contributed by atoms with E-state index in [0.717, 1.165) is 10.7 Å². The van der Waals surface area contributed by atoms with E-state index in [1.54, 1.807) is 6.92 Å². The molecule has 0 saturated carbocycles. The van der Waals surface area contributed by atoms with Gasteiger partial charge in [-0.05, 0) is 25.1 Å². The summed E-state index contributed by atoms with van der Waals surface area (Å²) in [6.07, 6.45) is -3.66. The molecule has 0 bridgehead atoms. The standard InChI is InChI=1S/C12H7Cl2F3N2O/c1-6-9(14)5-19(18-6)10-4-7(13)2-3-8(10)11(20)12(15,16)17/h2-5H,1H3. The van der Waals surface area contributed by atoms with Crippen LogP contribution in [0.15, 0.2) is 24.4 Å². The minimum Gasteiger partial charge on any atom is -0.284 e. The van der Waals surface area contributed by atoms with Crippen LogP contribution in [-0.2, 0) is 0 Å². The van der Waals surface area contributed by atoms with Gasteiger partial charge in [0.15, 0.2) is 0 Å². The number of hydrogen-bond acceptors (Lipinski definition) is 2. The fourth-order valence-electron chi connectivity index (χ4n) is 1.60. The lowest BCUT2D eigenvalue weighted by Crippen LogP contribution is -2.24. The normalized spacial score (nSPS) is 11.7. The van der Waals surface area contributed by atoms with Crippen molar-refractivity contribution in [1.82, 2.24) is 9.78 Å². The molecule has 0 spiro atoms. The van der Waals surface area contributed by atoms with Crippen molar-refractivity contribution < 1.29 is 18.0 Å². The maximum Gasteiger partial charge on any atom is 0.454 e. The summed E-state index contributed by atoms with van der Waals surface area (Å²) in [6.45, 7) is 1.59. The number of aryl methyl sites for hydroxylation is 1. The van der Waals surface area contributed by atoms with Crippen LogP contribution in [0.5, 0.6) is 0 Å². The Labute approximate surface area is 121 Å². The Morgan fingerprint density at radius 2 is 1.95 bits per heavy atom. The monoisotopic (exact) mass is 322 g/mol. The predicted octanol–water partition coefficient (Wildman–Crippen LogP) is 4.23. The molecule has 3 nitrogen and oxygen atoms in total. The van der Waals surface area contributed by atoms with Gasteiger partial charge in [-0.2, -0.15) is 18.3 Å². The van der Waals surface area contributed by atoms with Gasteiger partial charge in [-0.1, -0.05) is 23.2 Å². The minimum atomic E-state index is -4.98. The number of aromatic nitrogens is 2. The van der Waals surface area contributed by atoms with E-state index in [0.29, 0.717) is 5.69 Å². The summed E-state index contributed by atoms with van der Waals surface area (Å²) in [7, 11) is 0. The smallest absolute Gasteiger partial charge is 0.284 e. The molecule has 0 unspecified atom stereocenters. The van der Waals surface area contributed by atoms with Crippen LogP contribution in [0.2, 0.25) is 10.0 Å². The number of hydrogen-bond donors (Lipinski definition) is 0. The molecular formula is C12H7Cl2F3N2O. The largest absolute Gasteiger partial charge is 0.454 e. The van der Waals surface area contributed by atoms with Crippen molar-refractivity contribution in [3.8, 4) is 5.69 Å². The van der Waals surface area contributed by atoms with Gasteiger partial charge >= 0.3 is 6.18 Å². The summed E-state index contributed by atoms with van der Waals surface area (Å²) >= 11 is 11.6. The number of halogens is 5. The molecule has 2 rings (SSSR count). The first kappa shape index (κ1) is 14.9. The van der Waals surface area contributed by atoms with Gasteiger partial charge in [0.25, 0.3) is 5.78 Å². The molecule has 0 saturated heterocycles. The number of benzene rings is 1. The Morgan fingerprint density at radius 1 is 1.30 bits per heavy atom. The zero-order chi connectivity index (χ0) is 15.1. The maximum atomic E-state index is 12.6. The lowest BCUT2D eigenvalue weighted by molar-refractivity contribution is -0.0885. The van der Waals surface area contributed by atoms with Crippen LogP contribution in [0.25, 0.3) is 5.69 Å². The molecule has 0 fully saturated rings. The molecule has 1 heterocycles. The summed E-state index contributed by atoms with van der Waals surface area (Å²) in [5.74, 6) is -1.96. The lowest BCUT2D eigenvalue weighted by Gasteiger charge is -2.11. The zero-order valence-electron chi connectivity index (χ0n) is 10.0. The van der Waals surface area contributed by atoms with Crippen molar-refractivity contribution in [2.24, 2.45) is 0 Å². The highest BCUT2D eigenvalue weighted by molar-refractivity contribution is 6.31. The zero-order valence-corrected chi connectivity index (χ0v) is 11.5. The number of Topliss-reactive ketones (excluding diaryl/α,β-unsaturated/α-hetero) is 1. The van der Waals surface area contributed by atoms with Crippen molar-refractivity contribution >= 4 is 29.0 Å². The van der Waals surface area contributed by atoms with Gasteiger partial charge in [-0.15, -0.1) is 0 Å². The van der Waals surface area contributed by atoms with Gasteiger partial charge in [-0.25, -0.2) is 4.68 Å². The van der Waals surface area contributed by atoms with Crippen LogP contribution in [0.4, 0.5) is 13.2 Å². The van der Waals surface area contributed by atoms with Crippen LogP contribution in [0.1, 0.15) is 16.1 Å². The van der Waals surface area contributed by atoms with E-state index in [2.05, 4.69) is 5.10 Å². The van der Waals surface area contributed by atoms with Crippen LogP contribution < -0.4 is 0 Å². The topological polar surface area (TPSA) is 34.9 Å². The van der Waals surface area contributed by atoms with Gasteiger partial charge in [-0.3, -0.25) is 4.79 Å². The summed E-state index contributed by atoms with van der Waals surface area (Å²) in [6, 6.07) is 3.45. The van der Waals surface area contributed by atoms with Crippen molar-refractivity contribution in [3.63, 3.8) is 0 Å². The van der Waals surface area contributed by atoms with Crippen LogP contribution >= 0.6 is 23.2 Å². The average Bonchev–Trinajstić information content (AvgIpc) is 2.67. The number of carbonyl (C=O) groups is 1. The third-order valence-corrected chi connectivity index (χ3v) is 3.15. The molecule has 0 N–H and O–H groups in total. The first-order valence-electron chi connectivity index (χ1n) is 5.33. The van der Waals surface area contributed by atoms with Crippen LogP contribution in [0.3, 0.4) is 0 Å². The van der Waals surface area contributed by atoms with Crippen LogP contribution in [-0.4, -0.2) is 21.7 Å². The fraction of sp³-hybridized carbons (Fsp3) is 0.167. The number of alkyl halides is 3. The maximum absolute atomic E-state index is 12.6. The molecule has 0 amide bonds. The Balaban J connectivity index is 2.63. The van der Waals surface area contributed by atoms with Crippen molar-refractivity contribution in [3.05, 3.63) is 45.7 Å². The van der Waals surface area contributed by atoms with Crippen LogP contribution in [0, 0.1) is 6.92 Å². The van der Waals surface area contributed by atoms with Gasteiger partial charge in [0.1, 0.15) is 0 Å². The first-order valence-corrected chi connectivity index (χ1v) is 6.09. The summed E-state index contributed by atoms with van der Waals surface area (Å²) in [5, 5.41) is 4.41. The van der Waals surface area contributed by atoms with Crippen molar-refractivity contribution in [2.75, 3.05) is 0 Å². The summed E-state index contributed by atoms with van der Waals surface area (Å²) < 4.78 is 38.8. The van der Waals surface area contributed by atoms with E-state index in [4.69, 9.17) is 23.2 Å². The molecule has 1 aromatic heterocycles. The molecule has 0 atom stereocenters. The summed E-state index contributed by atoms with van der Waals surface area (Å²) in [4.78, 5) is 11.4. The highest BCUT2D eigenvalue weighted by Gasteiger charge is 2.40. The molecule has 1 aromatic carbocycles. The van der Waals surface area contributed by atoms with E-state index in [1.165, 1.54) is 18.3 Å². The average molecular weight is 323 g/mol. The first-order chi connectivity index (χ1) is 9.20. The molecule has 0 aliphatic carbocycles. The van der Waals surface area contributed by atoms with Gasteiger partial charge in [0.2, 0.25) is 0 Å². The number of ketones is 1. The third kappa shape index (κ3) is 2.81. The molecular weight excluding hydrogens is 316 g/mol. The second-order valence-electron chi connectivity index (χ2n) is 4.00. The van der Waals surface area contributed by atoms with Crippen molar-refractivity contribution in [1.29, 1.82) is 0 Å². The Morgan fingerprint density at radius 3 is 2.45 bits per heavy atom. The molecule has 0 radical (unpaired) electrons. The highest BCUT2D eigenvalue weighted by atomic mass is 35.5. The van der Waals surface area contributed by atoms with E-state index < -0.39 is 17.5 Å². The quantitative estimate of drug-likeness (QED) is 0.775. The number of carbonyl (C=O) groups excluding carboxylic acids is 1. The molecule has 8 heteroatoms. The van der Waals surface area contributed by atoms with E-state index in [-0.39, 0.29) is 15.7 Å². The third-order valence-electron chi connectivity index (χ3n) is 2.55. The highest BCUT2D eigenvalue weighted by Crippen LogP contribution is 2.28. The SMILES string of the molecule is Cc1nn(-c2cc(Cl)ccc2C(=O)C(F)(F)F)cc1Cl.